The average molecular weight is 326 g/mol. The van der Waals surface area contributed by atoms with E-state index in [4.69, 9.17) is 28.5 Å². The van der Waals surface area contributed by atoms with Gasteiger partial charge in [0.15, 0.2) is 0 Å². The van der Waals surface area contributed by atoms with Gasteiger partial charge in [0.1, 0.15) is 11.9 Å². The second kappa shape index (κ2) is 5.95. The largest absolute Gasteiger partial charge is 0.352 e. The van der Waals surface area contributed by atoms with Gasteiger partial charge in [0.05, 0.1) is 31.9 Å². The lowest BCUT2D eigenvalue weighted by atomic mass is 10.1. The maximum Gasteiger partial charge on any atom is 0.270 e. The Morgan fingerprint density at radius 1 is 1.24 bits per heavy atom. The summed E-state index contributed by atoms with van der Waals surface area (Å²) >= 11 is 11.8. The summed E-state index contributed by atoms with van der Waals surface area (Å²) in [4.78, 5) is 10.1. The molecule has 0 unspecified atom stereocenters. The average Bonchev–Trinajstić information content (AvgIpc) is 2.42. The first-order valence-corrected chi connectivity index (χ1v) is 6.28. The standard InChI is InChI=1S/C13H6Cl2FN3O2/c14-10-4-8(16)5-11(15)13(10)18-12-2-1-9(19(20)21)3-7(12)6-17/h1-5,18H. The van der Waals surface area contributed by atoms with E-state index in [9.17, 15) is 14.5 Å². The van der Waals surface area contributed by atoms with Gasteiger partial charge in [-0.2, -0.15) is 5.26 Å². The summed E-state index contributed by atoms with van der Waals surface area (Å²) in [5.74, 6) is -0.597. The minimum absolute atomic E-state index is 0.0299. The van der Waals surface area contributed by atoms with E-state index in [-0.39, 0.29) is 32.7 Å². The Morgan fingerprint density at radius 3 is 2.38 bits per heavy atom. The smallest absolute Gasteiger partial charge is 0.270 e. The molecule has 0 radical (unpaired) electrons. The van der Waals surface area contributed by atoms with E-state index in [0.717, 1.165) is 18.2 Å². The van der Waals surface area contributed by atoms with Crippen molar-refractivity contribution in [3.63, 3.8) is 0 Å². The number of rotatable bonds is 3. The van der Waals surface area contributed by atoms with Crippen molar-refractivity contribution in [3.8, 4) is 6.07 Å². The second-order valence-corrected chi connectivity index (χ2v) is 4.78. The third kappa shape index (κ3) is 3.21. The van der Waals surface area contributed by atoms with Crippen molar-refractivity contribution in [2.75, 3.05) is 5.32 Å². The van der Waals surface area contributed by atoms with Crippen LogP contribution in [-0.4, -0.2) is 4.92 Å². The maximum atomic E-state index is 13.1. The molecule has 0 spiro atoms. The number of halogens is 3. The van der Waals surface area contributed by atoms with Crippen LogP contribution < -0.4 is 5.32 Å². The van der Waals surface area contributed by atoms with Gasteiger partial charge in [-0.05, 0) is 18.2 Å². The molecule has 0 atom stereocenters. The van der Waals surface area contributed by atoms with Crippen molar-refractivity contribution in [3.05, 3.63) is 61.9 Å². The topological polar surface area (TPSA) is 79.0 Å². The molecule has 106 valence electrons. The number of nitrogens with one attached hydrogen (secondary N) is 1. The van der Waals surface area contributed by atoms with Crippen molar-refractivity contribution in [2.24, 2.45) is 0 Å². The first-order valence-electron chi connectivity index (χ1n) is 5.52. The summed E-state index contributed by atoms with van der Waals surface area (Å²) in [6.07, 6.45) is 0. The van der Waals surface area contributed by atoms with Gasteiger partial charge in [0, 0.05) is 12.1 Å². The molecule has 0 amide bonds. The fourth-order valence-corrected chi connectivity index (χ4v) is 2.20. The lowest BCUT2D eigenvalue weighted by Crippen LogP contribution is -1.97. The van der Waals surface area contributed by atoms with Crippen LogP contribution in [0.25, 0.3) is 0 Å². The third-order valence-corrected chi connectivity index (χ3v) is 3.20. The van der Waals surface area contributed by atoms with Gasteiger partial charge in [0.25, 0.3) is 5.69 Å². The molecule has 0 aliphatic heterocycles. The van der Waals surface area contributed by atoms with Gasteiger partial charge in [-0.3, -0.25) is 10.1 Å². The number of nitriles is 1. The van der Waals surface area contributed by atoms with E-state index in [1.54, 1.807) is 0 Å². The molecule has 0 aliphatic carbocycles. The van der Waals surface area contributed by atoms with Crippen LogP contribution in [0, 0.1) is 27.3 Å². The molecule has 0 heterocycles. The molecule has 0 saturated carbocycles. The Bertz CT molecular complexity index is 751. The van der Waals surface area contributed by atoms with E-state index in [0.29, 0.717) is 0 Å². The van der Waals surface area contributed by atoms with Crippen molar-refractivity contribution < 1.29 is 9.31 Å². The van der Waals surface area contributed by atoms with Crippen molar-refractivity contribution in [1.82, 2.24) is 0 Å². The number of nitro benzene ring substituents is 1. The first kappa shape index (κ1) is 15.0. The van der Waals surface area contributed by atoms with Crippen molar-refractivity contribution in [2.45, 2.75) is 0 Å². The first-order chi connectivity index (χ1) is 9.92. The molecule has 2 rings (SSSR count). The van der Waals surface area contributed by atoms with Gasteiger partial charge < -0.3 is 5.32 Å². The van der Waals surface area contributed by atoms with E-state index in [1.807, 2.05) is 6.07 Å². The molecular weight excluding hydrogens is 320 g/mol. The van der Waals surface area contributed by atoms with Crippen LogP contribution in [-0.2, 0) is 0 Å². The Labute approximate surface area is 128 Å². The Hall–Kier alpha value is -2.36. The molecule has 0 bridgehead atoms. The number of benzene rings is 2. The number of nitro groups is 1. The van der Waals surface area contributed by atoms with Gasteiger partial charge in [-0.1, -0.05) is 23.2 Å². The second-order valence-electron chi connectivity index (χ2n) is 3.97. The zero-order valence-electron chi connectivity index (χ0n) is 10.2. The zero-order valence-corrected chi connectivity index (χ0v) is 11.7. The molecule has 0 saturated heterocycles. The fraction of sp³-hybridized carbons (Fsp3) is 0. The van der Waals surface area contributed by atoms with Crippen LogP contribution in [0.1, 0.15) is 5.56 Å². The highest BCUT2D eigenvalue weighted by atomic mass is 35.5. The Balaban J connectivity index is 2.46. The predicted octanol–water partition coefficient (Wildman–Crippen LogP) is 4.66. The Morgan fingerprint density at radius 2 is 1.86 bits per heavy atom. The monoisotopic (exact) mass is 325 g/mol. The molecule has 2 aromatic carbocycles. The summed E-state index contributed by atoms with van der Waals surface area (Å²) < 4.78 is 13.1. The molecular formula is C13H6Cl2FN3O2. The van der Waals surface area contributed by atoms with Crippen LogP contribution in [0.2, 0.25) is 10.0 Å². The van der Waals surface area contributed by atoms with Crippen molar-refractivity contribution >= 4 is 40.3 Å². The molecule has 0 aliphatic rings. The highest BCUT2D eigenvalue weighted by molar-refractivity contribution is 6.39. The van der Waals surface area contributed by atoms with E-state index < -0.39 is 10.7 Å². The molecule has 1 N–H and O–H groups in total. The predicted molar refractivity (Wildman–Crippen MR) is 77.5 cm³/mol. The number of non-ortho nitro benzene ring substituents is 1. The summed E-state index contributed by atoms with van der Waals surface area (Å²) in [6.45, 7) is 0. The number of nitrogens with zero attached hydrogens (tertiary/aromatic N) is 2. The van der Waals surface area contributed by atoms with Gasteiger partial charge in [-0.25, -0.2) is 4.39 Å². The fourth-order valence-electron chi connectivity index (χ4n) is 1.64. The van der Waals surface area contributed by atoms with Gasteiger partial charge >= 0.3 is 0 Å². The lowest BCUT2D eigenvalue weighted by molar-refractivity contribution is -0.384. The summed E-state index contributed by atoms with van der Waals surface area (Å²) in [5, 5.41) is 22.6. The number of hydrogen-bond acceptors (Lipinski definition) is 4. The molecule has 0 fully saturated rings. The summed E-state index contributed by atoms with van der Waals surface area (Å²) in [5.41, 5.74) is 0.317. The van der Waals surface area contributed by atoms with E-state index >= 15 is 0 Å². The van der Waals surface area contributed by atoms with Crippen LogP contribution >= 0.6 is 23.2 Å². The number of hydrogen-bond donors (Lipinski definition) is 1. The number of anilines is 2. The Kier molecular flexibility index (Phi) is 4.26. The SMILES string of the molecule is N#Cc1cc([N+](=O)[O-])ccc1Nc1c(Cl)cc(F)cc1Cl. The van der Waals surface area contributed by atoms with E-state index in [1.165, 1.54) is 12.1 Å². The molecule has 2 aromatic rings. The summed E-state index contributed by atoms with van der Waals surface area (Å²) in [6, 6.07) is 7.66. The van der Waals surface area contributed by atoms with Crippen LogP contribution in [0.3, 0.4) is 0 Å². The zero-order chi connectivity index (χ0) is 15.6. The lowest BCUT2D eigenvalue weighted by Gasteiger charge is -2.11. The highest BCUT2D eigenvalue weighted by Gasteiger charge is 2.14. The highest BCUT2D eigenvalue weighted by Crippen LogP contribution is 2.35. The minimum atomic E-state index is -0.609. The van der Waals surface area contributed by atoms with Gasteiger partial charge in [-0.15, -0.1) is 0 Å². The molecule has 0 aromatic heterocycles. The van der Waals surface area contributed by atoms with E-state index in [2.05, 4.69) is 5.32 Å². The normalized spacial score (nSPS) is 10.0. The van der Waals surface area contributed by atoms with Crippen LogP contribution in [0.15, 0.2) is 30.3 Å². The summed E-state index contributed by atoms with van der Waals surface area (Å²) in [7, 11) is 0. The van der Waals surface area contributed by atoms with Crippen molar-refractivity contribution in [1.29, 1.82) is 5.26 Å². The molecule has 5 nitrogen and oxygen atoms in total. The van der Waals surface area contributed by atoms with Crippen LogP contribution in [0.5, 0.6) is 0 Å². The third-order valence-electron chi connectivity index (χ3n) is 2.60. The van der Waals surface area contributed by atoms with Crippen LogP contribution in [0.4, 0.5) is 21.5 Å². The maximum absolute atomic E-state index is 13.1. The molecule has 21 heavy (non-hydrogen) atoms. The van der Waals surface area contributed by atoms with Gasteiger partial charge in [0.2, 0.25) is 0 Å². The minimum Gasteiger partial charge on any atom is -0.352 e. The quantitative estimate of drug-likeness (QED) is 0.657. The molecule has 8 heteroatoms.